The molecule has 0 saturated carbocycles. The summed E-state index contributed by atoms with van der Waals surface area (Å²) in [5.74, 6) is -0.416. The molecule has 3 nitrogen and oxygen atoms in total. The number of nitrogens with two attached hydrogens (primary N) is 1. The van der Waals surface area contributed by atoms with E-state index in [-0.39, 0.29) is 0 Å². The van der Waals surface area contributed by atoms with Gasteiger partial charge in [0.1, 0.15) is 0 Å². The molecule has 98 valence electrons. The topological polar surface area (TPSA) is 55.1 Å². The summed E-state index contributed by atoms with van der Waals surface area (Å²) < 4.78 is 0. The maximum absolute atomic E-state index is 11.3. The second kappa shape index (κ2) is 5.76. The number of halogens is 1. The molecule has 0 aliphatic rings. The zero-order chi connectivity index (χ0) is 13.8. The van der Waals surface area contributed by atoms with Gasteiger partial charge in [0.25, 0.3) is 0 Å². The van der Waals surface area contributed by atoms with Gasteiger partial charge in [-0.3, -0.25) is 4.79 Å². The van der Waals surface area contributed by atoms with Crippen LogP contribution in [0.2, 0.25) is 5.02 Å². The van der Waals surface area contributed by atoms with E-state index in [1.807, 2.05) is 37.3 Å². The number of nitrogens with one attached hydrogen (secondary N) is 1. The van der Waals surface area contributed by atoms with Gasteiger partial charge in [-0.1, -0.05) is 35.9 Å². The van der Waals surface area contributed by atoms with Crippen LogP contribution in [0.1, 0.15) is 21.5 Å². The highest BCUT2D eigenvalue weighted by Crippen LogP contribution is 2.23. The molecule has 0 aromatic heterocycles. The highest BCUT2D eigenvalue weighted by atomic mass is 35.5. The smallest absolute Gasteiger partial charge is 0.249 e. The van der Waals surface area contributed by atoms with Gasteiger partial charge in [-0.15, -0.1) is 0 Å². The van der Waals surface area contributed by atoms with Crippen molar-refractivity contribution in [3.8, 4) is 0 Å². The summed E-state index contributed by atoms with van der Waals surface area (Å²) in [5, 5.41) is 3.99. The molecule has 0 atom stereocenters. The maximum Gasteiger partial charge on any atom is 0.249 e. The summed E-state index contributed by atoms with van der Waals surface area (Å²) in [6.07, 6.45) is 0. The Labute approximate surface area is 117 Å². The molecule has 1 amide bonds. The summed E-state index contributed by atoms with van der Waals surface area (Å²) in [7, 11) is 0. The van der Waals surface area contributed by atoms with Crippen LogP contribution < -0.4 is 11.1 Å². The second-order valence-corrected chi connectivity index (χ2v) is 4.69. The predicted octanol–water partition coefficient (Wildman–Crippen LogP) is 3.36. The van der Waals surface area contributed by atoms with Crippen LogP contribution in [0, 0.1) is 6.92 Å². The molecule has 0 spiro atoms. The second-order valence-electron chi connectivity index (χ2n) is 4.29. The molecule has 2 rings (SSSR count). The van der Waals surface area contributed by atoms with Crippen molar-refractivity contribution in [2.24, 2.45) is 5.73 Å². The van der Waals surface area contributed by atoms with E-state index in [1.165, 1.54) is 0 Å². The lowest BCUT2D eigenvalue weighted by atomic mass is 10.1. The molecule has 3 N–H and O–H groups in total. The van der Waals surface area contributed by atoms with Gasteiger partial charge in [0, 0.05) is 22.8 Å². The normalized spacial score (nSPS) is 10.2. The van der Waals surface area contributed by atoms with Crippen LogP contribution in [-0.4, -0.2) is 5.91 Å². The molecule has 4 heteroatoms. The van der Waals surface area contributed by atoms with Crippen LogP contribution in [0.15, 0.2) is 42.5 Å². The summed E-state index contributed by atoms with van der Waals surface area (Å²) in [4.78, 5) is 11.3. The highest BCUT2D eigenvalue weighted by molar-refractivity contribution is 6.31. The van der Waals surface area contributed by atoms with E-state index in [0.717, 1.165) is 16.8 Å². The number of amides is 1. The van der Waals surface area contributed by atoms with E-state index < -0.39 is 5.91 Å². The number of rotatable bonds is 4. The van der Waals surface area contributed by atoms with Gasteiger partial charge in [-0.25, -0.2) is 0 Å². The molecule has 0 saturated heterocycles. The first-order chi connectivity index (χ1) is 9.09. The molecule has 2 aromatic rings. The van der Waals surface area contributed by atoms with Gasteiger partial charge in [0.05, 0.1) is 0 Å². The molecule has 0 bridgehead atoms. The molecule has 0 radical (unpaired) electrons. The van der Waals surface area contributed by atoms with E-state index in [0.29, 0.717) is 17.1 Å². The van der Waals surface area contributed by atoms with Crippen molar-refractivity contribution in [2.75, 3.05) is 5.32 Å². The summed E-state index contributed by atoms with van der Waals surface area (Å²) in [6, 6.07) is 13.0. The van der Waals surface area contributed by atoms with Crippen molar-refractivity contribution < 1.29 is 4.79 Å². The fourth-order valence-electron chi connectivity index (χ4n) is 1.90. The third-order valence-corrected chi connectivity index (χ3v) is 3.43. The lowest BCUT2D eigenvalue weighted by molar-refractivity contribution is 0.0999. The fourth-order valence-corrected chi connectivity index (χ4v) is 2.08. The maximum atomic E-state index is 11.3. The number of carbonyl (C=O) groups is 1. The van der Waals surface area contributed by atoms with Crippen LogP contribution in [-0.2, 0) is 6.54 Å². The fraction of sp³-hybridized carbons (Fsp3) is 0.133. The molecule has 0 unspecified atom stereocenters. The van der Waals surface area contributed by atoms with Crippen molar-refractivity contribution in [3.63, 3.8) is 0 Å². The molecule has 0 aliphatic heterocycles. The Morgan fingerprint density at radius 2 is 1.95 bits per heavy atom. The third-order valence-electron chi connectivity index (χ3n) is 3.02. The molecular formula is C15H15ClN2O. The Balaban J connectivity index is 2.19. The van der Waals surface area contributed by atoms with Crippen molar-refractivity contribution in [1.29, 1.82) is 0 Å². The monoisotopic (exact) mass is 274 g/mol. The average molecular weight is 275 g/mol. The van der Waals surface area contributed by atoms with Crippen molar-refractivity contribution >= 4 is 23.2 Å². The van der Waals surface area contributed by atoms with Gasteiger partial charge in [0.15, 0.2) is 0 Å². The van der Waals surface area contributed by atoms with Crippen LogP contribution in [0.5, 0.6) is 0 Å². The predicted molar refractivity (Wildman–Crippen MR) is 78.5 cm³/mol. The largest absolute Gasteiger partial charge is 0.381 e. The Bertz CT molecular complexity index is 611. The third kappa shape index (κ3) is 3.06. The van der Waals surface area contributed by atoms with E-state index in [4.69, 9.17) is 17.3 Å². The molecular weight excluding hydrogens is 260 g/mol. The first-order valence-corrected chi connectivity index (χ1v) is 6.34. The van der Waals surface area contributed by atoms with Gasteiger partial charge >= 0.3 is 0 Å². The zero-order valence-electron chi connectivity index (χ0n) is 10.6. The van der Waals surface area contributed by atoms with Crippen LogP contribution in [0.4, 0.5) is 5.69 Å². The number of carbonyl (C=O) groups excluding carboxylic acids is 1. The van der Waals surface area contributed by atoms with E-state index in [1.54, 1.807) is 12.1 Å². The van der Waals surface area contributed by atoms with Crippen molar-refractivity contribution in [1.82, 2.24) is 0 Å². The van der Waals surface area contributed by atoms with Crippen LogP contribution in [0.3, 0.4) is 0 Å². The van der Waals surface area contributed by atoms with Gasteiger partial charge in [0.2, 0.25) is 5.91 Å². The SMILES string of the molecule is Cc1c(Cl)cccc1NCc1ccccc1C(N)=O. The number of primary amides is 1. The van der Waals surface area contributed by atoms with E-state index >= 15 is 0 Å². The molecule has 0 heterocycles. The minimum atomic E-state index is -0.416. The number of hydrogen-bond acceptors (Lipinski definition) is 2. The lowest BCUT2D eigenvalue weighted by Crippen LogP contribution is -2.15. The minimum Gasteiger partial charge on any atom is -0.381 e. The first kappa shape index (κ1) is 13.4. The number of anilines is 1. The van der Waals surface area contributed by atoms with Crippen molar-refractivity contribution in [3.05, 3.63) is 64.2 Å². The Morgan fingerprint density at radius 3 is 2.68 bits per heavy atom. The highest BCUT2D eigenvalue weighted by Gasteiger charge is 2.07. The Hall–Kier alpha value is -2.00. The minimum absolute atomic E-state index is 0.416. The van der Waals surface area contributed by atoms with Gasteiger partial charge in [-0.2, -0.15) is 0 Å². The van der Waals surface area contributed by atoms with Crippen LogP contribution >= 0.6 is 11.6 Å². The summed E-state index contributed by atoms with van der Waals surface area (Å²) in [5.41, 5.74) is 8.69. The molecule has 19 heavy (non-hydrogen) atoms. The molecule has 0 aliphatic carbocycles. The quantitative estimate of drug-likeness (QED) is 0.898. The van der Waals surface area contributed by atoms with Gasteiger partial charge in [-0.05, 0) is 36.2 Å². The summed E-state index contributed by atoms with van der Waals surface area (Å²) in [6.45, 7) is 2.48. The number of hydrogen-bond donors (Lipinski definition) is 2. The summed E-state index contributed by atoms with van der Waals surface area (Å²) >= 11 is 6.06. The zero-order valence-corrected chi connectivity index (χ0v) is 11.4. The van der Waals surface area contributed by atoms with E-state index in [2.05, 4.69) is 5.32 Å². The first-order valence-electron chi connectivity index (χ1n) is 5.96. The van der Waals surface area contributed by atoms with Crippen molar-refractivity contribution in [2.45, 2.75) is 13.5 Å². The van der Waals surface area contributed by atoms with E-state index in [9.17, 15) is 4.79 Å². The van der Waals surface area contributed by atoms with Gasteiger partial charge < -0.3 is 11.1 Å². The Kier molecular flexibility index (Phi) is 4.07. The molecule has 0 fully saturated rings. The standard InChI is InChI=1S/C15H15ClN2O/c1-10-13(16)7-4-8-14(10)18-9-11-5-2-3-6-12(11)15(17)19/h2-8,18H,9H2,1H3,(H2,17,19). The Morgan fingerprint density at radius 1 is 1.21 bits per heavy atom. The lowest BCUT2D eigenvalue weighted by Gasteiger charge is -2.12. The molecule has 2 aromatic carbocycles. The number of benzene rings is 2. The average Bonchev–Trinajstić information content (AvgIpc) is 2.40. The van der Waals surface area contributed by atoms with Crippen LogP contribution in [0.25, 0.3) is 0 Å².